The number of halogens is 1. The Hall–Kier alpha value is -3.14. The van der Waals surface area contributed by atoms with Crippen molar-refractivity contribution in [2.24, 2.45) is 5.92 Å². The van der Waals surface area contributed by atoms with Crippen LogP contribution in [0.1, 0.15) is 26.3 Å². The number of nitro groups is 1. The van der Waals surface area contributed by atoms with E-state index in [0.717, 1.165) is 4.90 Å². The molecule has 3 atom stereocenters. The normalized spacial score (nSPS) is 19.0. The number of carboxylic acids is 1. The van der Waals surface area contributed by atoms with E-state index in [9.17, 15) is 29.6 Å². The SMILES string of the molecule is CC(C)=C(C(=O)O)N1C(=O)[C@H]([C@H](C)OC(=O)OCc2ccc([N+](=O)[O-])cc2)[C@@H]1Cl. The molecule has 0 radical (unpaired) electrons. The molecule has 1 aromatic carbocycles. The molecule has 1 fully saturated rings. The summed E-state index contributed by atoms with van der Waals surface area (Å²) >= 11 is 6.17. The first kappa shape index (κ1) is 22.2. The van der Waals surface area contributed by atoms with E-state index in [1.165, 1.54) is 31.2 Å². The third kappa shape index (κ3) is 4.83. The first-order chi connectivity index (χ1) is 13.5. The highest BCUT2D eigenvalue weighted by Gasteiger charge is 2.53. The van der Waals surface area contributed by atoms with E-state index in [2.05, 4.69) is 0 Å². The van der Waals surface area contributed by atoms with Gasteiger partial charge in [-0.3, -0.25) is 19.8 Å². The molecule has 0 bridgehead atoms. The molecule has 11 heteroatoms. The van der Waals surface area contributed by atoms with Gasteiger partial charge in [0, 0.05) is 12.1 Å². The summed E-state index contributed by atoms with van der Waals surface area (Å²) in [5.74, 6) is -2.77. The zero-order valence-corrected chi connectivity index (χ0v) is 16.6. The lowest BCUT2D eigenvalue weighted by molar-refractivity contribution is -0.384. The van der Waals surface area contributed by atoms with Crippen molar-refractivity contribution in [3.05, 3.63) is 51.2 Å². The molecule has 1 heterocycles. The smallest absolute Gasteiger partial charge is 0.477 e. The second-order valence-corrected chi connectivity index (χ2v) is 6.99. The van der Waals surface area contributed by atoms with Crippen LogP contribution in [0.15, 0.2) is 35.5 Å². The largest absolute Gasteiger partial charge is 0.508 e. The number of benzene rings is 1. The van der Waals surface area contributed by atoms with Gasteiger partial charge in [0.1, 0.15) is 29.8 Å². The maximum atomic E-state index is 12.4. The summed E-state index contributed by atoms with van der Waals surface area (Å²) in [6.07, 6.45) is -2.00. The summed E-state index contributed by atoms with van der Waals surface area (Å²) in [4.78, 5) is 46.6. The van der Waals surface area contributed by atoms with Crippen molar-refractivity contribution in [1.82, 2.24) is 4.90 Å². The number of carboxylic acid groups (broad SMARTS) is 1. The van der Waals surface area contributed by atoms with Crippen molar-refractivity contribution in [3.8, 4) is 0 Å². The molecule has 1 amide bonds. The maximum Gasteiger partial charge on any atom is 0.508 e. The number of ether oxygens (including phenoxy) is 2. The summed E-state index contributed by atoms with van der Waals surface area (Å²) in [7, 11) is 0. The zero-order chi connectivity index (χ0) is 21.9. The number of rotatable bonds is 7. The quantitative estimate of drug-likeness (QED) is 0.134. The van der Waals surface area contributed by atoms with Crippen molar-refractivity contribution < 1.29 is 33.9 Å². The number of nitro benzene ring substituents is 1. The zero-order valence-electron chi connectivity index (χ0n) is 15.8. The average molecular weight is 427 g/mol. The topological polar surface area (TPSA) is 136 Å². The van der Waals surface area contributed by atoms with E-state index >= 15 is 0 Å². The van der Waals surface area contributed by atoms with Crippen molar-refractivity contribution in [2.75, 3.05) is 0 Å². The van der Waals surface area contributed by atoms with Crippen LogP contribution in [0.3, 0.4) is 0 Å². The van der Waals surface area contributed by atoms with Gasteiger partial charge in [-0.2, -0.15) is 0 Å². The molecule has 2 rings (SSSR count). The van der Waals surface area contributed by atoms with E-state index in [0.29, 0.717) is 11.1 Å². The standard InChI is InChI=1S/C18H19ClN2O8/c1-9(2)14(17(23)24)20-15(19)13(16(20)22)10(3)29-18(25)28-8-11-4-6-12(7-5-11)21(26)27/h4-7,10,13,15H,8H2,1-3H3,(H,23,24)/t10-,13+,15+/m0/s1. The second-order valence-electron chi connectivity index (χ2n) is 6.55. The third-order valence-electron chi connectivity index (χ3n) is 4.27. The molecule has 0 spiro atoms. The molecule has 1 aliphatic heterocycles. The molecule has 29 heavy (non-hydrogen) atoms. The van der Waals surface area contributed by atoms with Gasteiger partial charge in [-0.05, 0) is 44.0 Å². The lowest BCUT2D eigenvalue weighted by Crippen LogP contribution is -2.62. The van der Waals surface area contributed by atoms with Crippen LogP contribution in [0, 0.1) is 16.0 Å². The number of non-ortho nitro benzene ring substituents is 1. The molecular weight excluding hydrogens is 408 g/mol. The minimum atomic E-state index is -1.28. The number of nitrogens with zero attached hydrogens (tertiary/aromatic N) is 2. The average Bonchev–Trinajstić information content (AvgIpc) is 2.64. The molecule has 156 valence electrons. The highest BCUT2D eigenvalue weighted by molar-refractivity contribution is 6.26. The second kappa shape index (κ2) is 8.91. The van der Waals surface area contributed by atoms with E-state index < -0.39 is 40.5 Å². The van der Waals surface area contributed by atoms with Gasteiger partial charge in [-0.15, -0.1) is 0 Å². The van der Waals surface area contributed by atoms with E-state index in [-0.39, 0.29) is 18.0 Å². The summed E-state index contributed by atoms with van der Waals surface area (Å²) in [6, 6.07) is 5.42. The number of carbonyl (C=O) groups is 3. The fraction of sp³-hybridized carbons (Fsp3) is 0.389. The predicted molar refractivity (Wildman–Crippen MR) is 99.8 cm³/mol. The number of allylic oxidation sites excluding steroid dienone is 1. The minimum absolute atomic E-state index is 0.0942. The van der Waals surface area contributed by atoms with Crippen LogP contribution in [-0.2, 0) is 25.7 Å². The number of aliphatic carboxylic acids is 1. The lowest BCUT2D eigenvalue weighted by Gasteiger charge is -2.45. The van der Waals surface area contributed by atoms with Crippen LogP contribution in [-0.4, -0.2) is 44.6 Å². The summed E-state index contributed by atoms with van der Waals surface area (Å²) in [5, 5.41) is 19.9. The molecule has 1 N–H and O–H groups in total. The number of likely N-dealkylation sites (tertiary alicyclic amines) is 1. The molecular formula is C18H19ClN2O8. The minimum Gasteiger partial charge on any atom is -0.477 e. The lowest BCUT2D eigenvalue weighted by atomic mass is 9.91. The van der Waals surface area contributed by atoms with Crippen LogP contribution in [0.4, 0.5) is 10.5 Å². The Morgan fingerprint density at radius 3 is 2.34 bits per heavy atom. The third-order valence-corrected chi connectivity index (χ3v) is 4.74. The highest BCUT2D eigenvalue weighted by Crippen LogP contribution is 2.37. The van der Waals surface area contributed by atoms with Gasteiger partial charge in [0.25, 0.3) is 5.69 Å². The van der Waals surface area contributed by atoms with Crippen molar-refractivity contribution in [1.29, 1.82) is 0 Å². The fourth-order valence-electron chi connectivity index (χ4n) is 2.81. The Morgan fingerprint density at radius 1 is 1.31 bits per heavy atom. The number of amides is 1. The van der Waals surface area contributed by atoms with Crippen LogP contribution >= 0.6 is 11.6 Å². The Balaban J connectivity index is 1.91. The summed E-state index contributed by atoms with van der Waals surface area (Å²) in [6.45, 7) is 4.36. The molecule has 1 aromatic rings. The molecule has 10 nitrogen and oxygen atoms in total. The van der Waals surface area contributed by atoms with Gasteiger partial charge in [0.2, 0.25) is 5.91 Å². The van der Waals surface area contributed by atoms with Crippen LogP contribution in [0.2, 0.25) is 0 Å². The van der Waals surface area contributed by atoms with Crippen molar-refractivity contribution in [2.45, 2.75) is 39.0 Å². The first-order valence-corrected chi connectivity index (χ1v) is 8.93. The van der Waals surface area contributed by atoms with Crippen LogP contribution < -0.4 is 0 Å². The number of hydrogen-bond donors (Lipinski definition) is 1. The maximum absolute atomic E-state index is 12.4. The monoisotopic (exact) mass is 426 g/mol. The van der Waals surface area contributed by atoms with Gasteiger partial charge in [-0.1, -0.05) is 11.6 Å². The van der Waals surface area contributed by atoms with Crippen molar-refractivity contribution in [3.63, 3.8) is 0 Å². The van der Waals surface area contributed by atoms with E-state index in [4.69, 9.17) is 21.1 Å². The Labute approximate surface area is 170 Å². The van der Waals surface area contributed by atoms with Gasteiger partial charge in [-0.25, -0.2) is 9.59 Å². The molecule has 0 aromatic heterocycles. The van der Waals surface area contributed by atoms with Gasteiger partial charge in [0.15, 0.2) is 0 Å². The van der Waals surface area contributed by atoms with E-state index in [1.807, 2.05) is 0 Å². The predicted octanol–water partition coefficient (Wildman–Crippen LogP) is 3.04. The molecule has 0 aliphatic carbocycles. The number of hydrogen-bond acceptors (Lipinski definition) is 7. The first-order valence-electron chi connectivity index (χ1n) is 8.49. The van der Waals surface area contributed by atoms with E-state index in [1.54, 1.807) is 13.8 Å². The van der Waals surface area contributed by atoms with Crippen LogP contribution in [0.5, 0.6) is 0 Å². The highest BCUT2D eigenvalue weighted by atomic mass is 35.5. The number of β-lactam (4-membered cyclic amide) rings is 1. The summed E-state index contributed by atoms with van der Waals surface area (Å²) < 4.78 is 10.00. The van der Waals surface area contributed by atoms with Crippen molar-refractivity contribution >= 4 is 35.3 Å². The number of alkyl halides is 1. The van der Waals surface area contributed by atoms with Gasteiger partial charge >= 0.3 is 12.1 Å². The molecule has 1 saturated heterocycles. The summed E-state index contributed by atoms with van der Waals surface area (Å²) in [5.41, 5.74) is -0.370. The number of carbonyl (C=O) groups excluding carboxylic acids is 2. The fourth-order valence-corrected chi connectivity index (χ4v) is 3.32. The van der Waals surface area contributed by atoms with Gasteiger partial charge < -0.3 is 14.6 Å². The Morgan fingerprint density at radius 2 is 1.90 bits per heavy atom. The molecule has 0 unspecified atom stereocenters. The molecule has 1 aliphatic rings. The Kier molecular flexibility index (Phi) is 6.80. The van der Waals surface area contributed by atoms with Gasteiger partial charge in [0.05, 0.1) is 4.92 Å². The molecule has 0 saturated carbocycles. The van der Waals surface area contributed by atoms with Crippen LogP contribution in [0.25, 0.3) is 0 Å². The Bertz CT molecular complexity index is 863.